The summed E-state index contributed by atoms with van der Waals surface area (Å²) in [7, 11) is 0. The van der Waals surface area contributed by atoms with Crippen LogP contribution < -0.4 is 0 Å². The van der Waals surface area contributed by atoms with Crippen LogP contribution in [-0.2, 0) is 32.7 Å². The zero-order valence-electron chi connectivity index (χ0n) is 4.93. The Labute approximate surface area is 78.5 Å². The van der Waals surface area contributed by atoms with Crippen LogP contribution in [0.3, 0.4) is 0 Å². The third kappa shape index (κ3) is 2.34. The second kappa shape index (κ2) is 3.70. The SMILES string of the molecule is Cc1[c-]c(C)sn1.[Y]. The molecule has 1 aromatic rings. The van der Waals surface area contributed by atoms with Crippen molar-refractivity contribution in [2.75, 3.05) is 0 Å². The van der Waals surface area contributed by atoms with Crippen molar-refractivity contribution in [3.05, 3.63) is 16.6 Å². The smallest absolute Gasteiger partial charge is 0 e. The van der Waals surface area contributed by atoms with Gasteiger partial charge in [-0.25, -0.2) is 4.37 Å². The van der Waals surface area contributed by atoms with E-state index in [1.165, 1.54) is 11.5 Å². The van der Waals surface area contributed by atoms with Crippen LogP contribution in [-0.4, -0.2) is 4.37 Å². The Kier molecular flexibility index (Phi) is 4.04. The first kappa shape index (κ1) is 8.73. The van der Waals surface area contributed by atoms with E-state index in [9.17, 15) is 0 Å². The van der Waals surface area contributed by atoms with E-state index in [0.717, 1.165) is 10.6 Å². The van der Waals surface area contributed by atoms with Gasteiger partial charge in [0, 0.05) is 32.7 Å². The average Bonchev–Trinajstić information content (AvgIpc) is 1.87. The fraction of sp³-hybridized carbons (Fsp3) is 0.400. The molecular formula is C5H6NSY-. The van der Waals surface area contributed by atoms with Gasteiger partial charge in [-0.05, 0) is 0 Å². The molecule has 0 aliphatic rings. The van der Waals surface area contributed by atoms with Crippen molar-refractivity contribution in [2.45, 2.75) is 13.8 Å². The van der Waals surface area contributed by atoms with Crippen molar-refractivity contribution in [3.8, 4) is 0 Å². The third-order valence-corrected chi connectivity index (χ3v) is 1.42. The molecule has 0 bridgehead atoms. The van der Waals surface area contributed by atoms with Crippen molar-refractivity contribution in [3.63, 3.8) is 0 Å². The summed E-state index contributed by atoms with van der Waals surface area (Å²) < 4.78 is 4.00. The Hall–Kier alpha value is 0.734. The van der Waals surface area contributed by atoms with Gasteiger partial charge in [0.2, 0.25) is 0 Å². The standard InChI is InChI=1S/C5H6NS.Y/c1-4-3-5(2)7-6-4;/h1-2H3;/q-1;. The summed E-state index contributed by atoms with van der Waals surface area (Å²) in [4.78, 5) is 1.16. The van der Waals surface area contributed by atoms with Gasteiger partial charge in [-0.2, -0.15) is 4.88 Å². The molecule has 0 N–H and O–H groups in total. The molecule has 1 radical (unpaired) electrons. The summed E-state index contributed by atoms with van der Waals surface area (Å²) in [5.41, 5.74) is 1.00. The van der Waals surface area contributed by atoms with Crippen LogP contribution in [0.25, 0.3) is 0 Å². The summed E-state index contributed by atoms with van der Waals surface area (Å²) in [6.07, 6.45) is 0. The van der Waals surface area contributed by atoms with Gasteiger partial charge < -0.3 is 6.07 Å². The Bertz CT molecular complexity index is 145. The van der Waals surface area contributed by atoms with Crippen LogP contribution in [0.4, 0.5) is 0 Å². The van der Waals surface area contributed by atoms with Gasteiger partial charge in [-0.1, -0.05) is 25.4 Å². The minimum Gasteiger partial charge on any atom is -0.434 e. The second-order valence-corrected chi connectivity index (χ2v) is 2.43. The molecule has 0 saturated carbocycles. The molecule has 1 nitrogen and oxygen atoms in total. The molecule has 0 spiro atoms. The van der Waals surface area contributed by atoms with Gasteiger partial charge in [-0.3, -0.25) is 0 Å². The molecule has 0 fully saturated rings. The number of nitrogens with zero attached hydrogens (tertiary/aromatic N) is 1. The van der Waals surface area contributed by atoms with Crippen LogP contribution in [0.15, 0.2) is 0 Å². The Balaban J connectivity index is 0.000000490. The fourth-order valence-electron chi connectivity index (χ4n) is 0.437. The van der Waals surface area contributed by atoms with Crippen LogP contribution >= 0.6 is 11.5 Å². The van der Waals surface area contributed by atoms with Crippen molar-refractivity contribution in [1.82, 2.24) is 4.37 Å². The van der Waals surface area contributed by atoms with Gasteiger partial charge in [0.05, 0.1) is 0 Å². The van der Waals surface area contributed by atoms with E-state index in [-0.39, 0.29) is 32.7 Å². The molecule has 41 valence electrons. The first-order chi connectivity index (χ1) is 3.29. The molecule has 0 aliphatic heterocycles. The molecule has 0 aliphatic carbocycles. The molecule has 0 saturated heterocycles. The normalized spacial score (nSPS) is 8.25. The Morgan fingerprint density at radius 3 is 2.25 bits per heavy atom. The molecule has 1 rings (SSSR count). The fourth-order valence-corrected chi connectivity index (χ4v) is 0.950. The van der Waals surface area contributed by atoms with E-state index in [0.29, 0.717) is 0 Å². The second-order valence-electron chi connectivity index (χ2n) is 1.45. The maximum Gasteiger partial charge on any atom is 0 e. The van der Waals surface area contributed by atoms with Gasteiger partial charge in [0.15, 0.2) is 0 Å². The molecular weight excluding hydrogens is 195 g/mol. The predicted octanol–water partition coefficient (Wildman–Crippen LogP) is 1.56. The molecule has 0 unspecified atom stereocenters. The monoisotopic (exact) mass is 201 g/mol. The summed E-state index contributed by atoms with van der Waals surface area (Å²) in [5.74, 6) is 0. The van der Waals surface area contributed by atoms with Crippen molar-refractivity contribution >= 4 is 11.5 Å². The Morgan fingerprint density at radius 1 is 1.50 bits per heavy atom. The topological polar surface area (TPSA) is 12.9 Å². The van der Waals surface area contributed by atoms with Gasteiger partial charge in [0.1, 0.15) is 0 Å². The van der Waals surface area contributed by atoms with Crippen LogP contribution in [0.2, 0.25) is 0 Å². The van der Waals surface area contributed by atoms with E-state index < -0.39 is 0 Å². The zero-order valence-corrected chi connectivity index (χ0v) is 8.59. The first-order valence-electron chi connectivity index (χ1n) is 2.11. The summed E-state index contributed by atoms with van der Waals surface area (Å²) in [6, 6.07) is 3.05. The quantitative estimate of drug-likeness (QED) is 0.580. The van der Waals surface area contributed by atoms with Crippen molar-refractivity contribution in [2.24, 2.45) is 0 Å². The summed E-state index contributed by atoms with van der Waals surface area (Å²) in [6.45, 7) is 3.95. The largest absolute Gasteiger partial charge is 0.434 e. The molecule has 1 aromatic heterocycles. The minimum atomic E-state index is 0. The van der Waals surface area contributed by atoms with E-state index in [4.69, 9.17) is 0 Å². The first-order valence-corrected chi connectivity index (χ1v) is 2.88. The van der Waals surface area contributed by atoms with Crippen LogP contribution in [0.5, 0.6) is 0 Å². The number of rotatable bonds is 0. The molecule has 8 heavy (non-hydrogen) atoms. The molecule has 0 amide bonds. The van der Waals surface area contributed by atoms with Gasteiger partial charge in [0.25, 0.3) is 0 Å². The number of hydrogen-bond donors (Lipinski definition) is 0. The molecule has 3 heteroatoms. The van der Waals surface area contributed by atoms with Crippen molar-refractivity contribution < 1.29 is 32.7 Å². The average molecular weight is 201 g/mol. The van der Waals surface area contributed by atoms with Crippen LogP contribution in [0, 0.1) is 19.9 Å². The van der Waals surface area contributed by atoms with Gasteiger partial charge >= 0.3 is 0 Å². The minimum absolute atomic E-state index is 0. The number of hydrogen-bond acceptors (Lipinski definition) is 2. The van der Waals surface area contributed by atoms with Crippen molar-refractivity contribution in [1.29, 1.82) is 0 Å². The van der Waals surface area contributed by atoms with E-state index >= 15 is 0 Å². The van der Waals surface area contributed by atoms with E-state index in [2.05, 4.69) is 10.4 Å². The molecule has 0 aromatic carbocycles. The maximum atomic E-state index is 4.00. The summed E-state index contributed by atoms with van der Waals surface area (Å²) >= 11 is 1.50. The van der Waals surface area contributed by atoms with Gasteiger partial charge in [-0.15, -0.1) is 5.69 Å². The zero-order chi connectivity index (χ0) is 5.28. The Morgan fingerprint density at radius 2 is 2.12 bits per heavy atom. The summed E-state index contributed by atoms with van der Waals surface area (Å²) in [5, 5.41) is 0. The predicted molar refractivity (Wildman–Crippen MR) is 30.4 cm³/mol. The van der Waals surface area contributed by atoms with Crippen LogP contribution in [0.1, 0.15) is 10.6 Å². The molecule has 0 atom stereocenters. The third-order valence-electron chi connectivity index (χ3n) is 0.676. The van der Waals surface area contributed by atoms with E-state index in [1.807, 2.05) is 13.8 Å². The van der Waals surface area contributed by atoms with E-state index in [1.54, 1.807) is 0 Å². The maximum absolute atomic E-state index is 4.00. The molecule has 1 heterocycles. The number of aromatic nitrogens is 1. The number of aryl methyl sites for hydroxylation is 2.